The first-order valence-corrected chi connectivity index (χ1v) is 7.61. The van der Waals surface area contributed by atoms with E-state index in [1.165, 1.54) is 18.2 Å². The van der Waals surface area contributed by atoms with Gasteiger partial charge in [0.05, 0.1) is 6.04 Å². The lowest BCUT2D eigenvalue weighted by atomic mass is 10.1. The fourth-order valence-corrected chi connectivity index (χ4v) is 2.21. The van der Waals surface area contributed by atoms with Gasteiger partial charge in [-0.05, 0) is 48.7 Å². The molecule has 0 spiro atoms. The number of rotatable bonds is 4. The first-order valence-electron chi connectivity index (χ1n) is 7.61. The van der Waals surface area contributed by atoms with E-state index < -0.39 is 5.82 Å². The molecule has 2 aromatic rings. The molecule has 0 aromatic heterocycles. The summed E-state index contributed by atoms with van der Waals surface area (Å²) in [4.78, 5) is 4.11. The van der Waals surface area contributed by atoms with Crippen molar-refractivity contribution >= 4 is 5.96 Å². The van der Waals surface area contributed by atoms with Gasteiger partial charge in [0.1, 0.15) is 5.82 Å². The first-order chi connectivity index (χ1) is 11.4. The van der Waals surface area contributed by atoms with Crippen LogP contribution in [0.3, 0.4) is 0 Å². The average molecular weight is 333 g/mol. The van der Waals surface area contributed by atoms with Crippen molar-refractivity contribution in [2.75, 3.05) is 7.05 Å². The largest absolute Gasteiger partial charge is 0.505 e. The molecule has 6 heteroatoms. The van der Waals surface area contributed by atoms with Crippen LogP contribution in [0.5, 0.6) is 5.75 Å². The van der Waals surface area contributed by atoms with Gasteiger partial charge in [-0.3, -0.25) is 4.99 Å². The van der Waals surface area contributed by atoms with E-state index >= 15 is 0 Å². The van der Waals surface area contributed by atoms with Crippen LogP contribution in [0.4, 0.5) is 8.78 Å². The minimum Gasteiger partial charge on any atom is -0.505 e. The molecule has 24 heavy (non-hydrogen) atoms. The minimum atomic E-state index is -0.666. The number of phenols is 1. The summed E-state index contributed by atoms with van der Waals surface area (Å²) in [7, 11) is 1.62. The molecule has 0 fully saturated rings. The minimum absolute atomic E-state index is 0.150. The summed E-state index contributed by atoms with van der Waals surface area (Å²) in [6.07, 6.45) is 0. The van der Waals surface area contributed by atoms with Gasteiger partial charge < -0.3 is 15.7 Å². The first kappa shape index (κ1) is 17.7. The molecular formula is C18H21F2N3O. The van der Waals surface area contributed by atoms with Gasteiger partial charge in [0.25, 0.3) is 0 Å². The fourth-order valence-electron chi connectivity index (χ4n) is 2.21. The Morgan fingerprint density at radius 1 is 1.17 bits per heavy atom. The van der Waals surface area contributed by atoms with Gasteiger partial charge in [-0.1, -0.05) is 18.2 Å². The number of guanidine groups is 1. The van der Waals surface area contributed by atoms with Crippen molar-refractivity contribution in [2.24, 2.45) is 4.99 Å². The standard InChI is InChI=1S/C18H21F2N3O/c1-11-4-6-14(9-15(11)19)12(2)23-18(21-3)22-10-13-5-7-17(24)16(20)8-13/h4-9,12,24H,10H2,1-3H3,(H2,21,22,23). The molecule has 2 rings (SSSR count). The van der Waals surface area contributed by atoms with Gasteiger partial charge >= 0.3 is 0 Å². The van der Waals surface area contributed by atoms with Crippen LogP contribution >= 0.6 is 0 Å². The monoisotopic (exact) mass is 333 g/mol. The molecule has 0 saturated carbocycles. The van der Waals surface area contributed by atoms with Crippen LogP contribution in [-0.4, -0.2) is 18.1 Å². The molecule has 4 nitrogen and oxygen atoms in total. The highest BCUT2D eigenvalue weighted by Crippen LogP contribution is 2.17. The Morgan fingerprint density at radius 3 is 2.54 bits per heavy atom. The highest BCUT2D eigenvalue weighted by Gasteiger charge is 2.10. The molecule has 0 amide bonds. The maximum atomic E-state index is 13.7. The molecule has 2 aromatic carbocycles. The summed E-state index contributed by atoms with van der Waals surface area (Å²) >= 11 is 0. The molecule has 0 aliphatic heterocycles. The normalized spacial score (nSPS) is 12.8. The molecule has 0 heterocycles. The summed E-state index contributed by atoms with van der Waals surface area (Å²) in [5, 5.41) is 15.4. The van der Waals surface area contributed by atoms with E-state index in [1.807, 2.05) is 13.0 Å². The predicted octanol–water partition coefficient (Wildman–Crippen LogP) is 3.41. The number of phenolic OH excluding ortho intramolecular Hbond substituents is 1. The lowest BCUT2D eigenvalue weighted by Gasteiger charge is -2.19. The zero-order chi connectivity index (χ0) is 17.7. The smallest absolute Gasteiger partial charge is 0.191 e. The van der Waals surface area contributed by atoms with Gasteiger partial charge in [-0.15, -0.1) is 0 Å². The second-order valence-corrected chi connectivity index (χ2v) is 5.59. The van der Waals surface area contributed by atoms with Gasteiger partial charge in [0.15, 0.2) is 17.5 Å². The molecule has 0 radical (unpaired) electrons. The third-order valence-corrected chi connectivity index (χ3v) is 3.74. The zero-order valence-corrected chi connectivity index (χ0v) is 13.9. The second kappa shape index (κ2) is 7.77. The third kappa shape index (κ3) is 4.44. The SMILES string of the molecule is CN=C(NCc1ccc(O)c(F)c1)NC(C)c1ccc(C)c(F)c1. The van der Waals surface area contributed by atoms with E-state index in [1.54, 1.807) is 26.1 Å². The van der Waals surface area contributed by atoms with Gasteiger partial charge in [-0.2, -0.15) is 0 Å². The predicted molar refractivity (Wildman–Crippen MR) is 91.0 cm³/mol. The van der Waals surface area contributed by atoms with Crippen molar-refractivity contribution < 1.29 is 13.9 Å². The lowest BCUT2D eigenvalue weighted by Crippen LogP contribution is -2.38. The van der Waals surface area contributed by atoms with Crippen molar-refractivity contribution in [3.63, 3.8) is 0 Å². The van der Waals surface area contributed by atoms with Crippen LogP contribution in [0.2, 0.25) is 0 Å². The Morgan fingerprint density at radius 2 is 1.92 bits per heavy atom. The number of hydrogen-bond donors (Lipinski definition) is 3. The lowest BCUT2D eigenvalue weighted by molar-refractivity contribution is 0.431. The van der Waals surface area contributed by atoms with Crippen molar-refractivity contribution in [1.29, 1.82) is 0 Å². The number of aromatic hydroxyl groups is 1. The average Bonchev–Trinajstić information content (AvgIpc) is 2.56. The van der Waals surface area contributed by atoms with Crippen molar-refractivity contribution in [3.05, 3.63) is 64.7 Å². The number of benzene rings is 2. The van der Waals surface area contributed by atoms with Crippen LogP contribution < -0.4 is 10.6 Å². The molecule has 0 aliphatic carbocycles. The van der Waals surface area contributed by atoms with E-state index in [0.29, 0.717) is 23.6 Å². The molecule has 1 unspecified atom stereocenters. The third-order valence-electron chi connectivity index (χ3n) is 3.74. The quantitative estimate of drug-likeness (QED) is 0.594. The number of halogens is 2. The van der Waals surface area contributed by atoms with Crippen molar-refractivity contribution in [3.8, 4) is 5.75 Å². The topological polar surface area (TPSA) is 56.7 Å². The van der Waals surface area contributed by atoms with Crippen LogP contribution in [0.15, 0.2) is 41.4 Å². The van der Waals surface area contributed by atoms with Gasteiger partial charge in [0.2, 0.25) is 0 Å². The van der Waals surface area contributed by atoms with Crippen LogP contribution in [0.1, 0.15) is 29.7 Å². The number of nitrogens with zero attached hydrogens (tertiary/aromatic N) is 1. The number of aliphatic imine (C=N–C) groups is 1. The summed E-state index contributed by atoms with van der Waals surface area (Å²) in [5.41, 5.74) is 2.07. The van der Waals surface area contributed by atoms with E-state index in [2.05, 4.69) is 15.6 Å². The number of aryl methyl sites for hydroxylation is 1. The molecule has 0 saturated heterocycles. The summed E-state index contributed by atoms with van der Waals surface area (Å²) < 4.78 is 27.0. The molecular weight excluding hydrogens is 312 g/mol. The second-order valence-electron chi connectivity index (χ2n) is 5.59. The summed E-state index contributed by atoms with van der Waals surface area (Å²) in [5.74, 6) is -0.780. The highest BCUT2D eigenvalue weighted by atomic mass is 19.1. The molecule has 0 aliphatic rings. The Hall–Kier alpha value is -2.63. The maximum Gasteiger partial charge on any atom is 0.191 e. The van der Waals surface area contributed by atoms with Crippen molar-refractivity contribution in [2.45, 2.75) is 26.4 Å². The van der Waals surface area contributed by atoms with Crippen LogP contribution in [-0.2, 0) is 6.54 Å². The van der Waals surface area contributed by atoms with E-state index in [4.69, 9.17) is 0 Å². The molecule has 0 bridgehead atoms. The number of hydrogen-bond acceptors (Lipinski definition) is 2. The van der Waals surface area contributed by atoms with Crippen LogP contribution in [0, 0.1) is 18.6 Å². The molecule has 3 N–H and O–H groups in total. The molecule has 1 atom stereocenters. The van der Waals surface area contributed by atoms with Crippen molar-refractivity contribution in [1.82, 2.24) is 10.6 Å². The summed E-state index contributed by atoms with van der Waals surface area (Å²) in [6.45, 7) is 3.96. The van der Waals surface area contributed by atoms with Crippen LogP contribution in [0.25, 0.3) is 0 Å². The van der Waals surface area contributed by atoms with E-state index in [-0.39, 0.29) is 17.6 Å². The van der Waals surface area contributed by atoms with Gasteiger partial charge in [-0.25, -0.2) is 8.78 Å². The van der Waals surface area contributed by atoms with E-state index in [9.17, 15) is 13.9 Å². The fraction of sp³-hybridized carbons (Fsp3) is 0.278. The maximum absolute atomic E-state index is 13.7. The molecule has 128 valence electrons. The number of nitrogens with one attached hydrogen (secondary N) is 2. The Balaban J connectivity index is 1.98. The summed E-state index contributed by atoms with van der Waals surface area (Å²) in [6, 6.07) is 9.13. The van der Waals surface area contributed by atoms with Gasteiger partial charge in [0, 0.05) is 13.6 Å². The Labute approximate surface area is 140 Å². The highest BCUT2D eigenvalue weighted by molar-refractivity contribution is 5.80. The Kier molecular flexibility index (Phi) is 5.73. The Bertz CT molecular complexity index is 747. The van der Waals surface area contributed by atoms with E-state index in [0.717, 1.165) is 5.56 Å². The zero-order valence-electron chi connectivity index (χ0n) is 13.9.